The number of piperazine rings is 1. The second-order valence-corrected chi connectivity index (χ2v) is 7.97. The summed E-state index contributed by atoms with van der Waals surface area (Å²) in [6.07, 6.45) is 2.61. The zero-order chi connectivity index (χ0) is 19.7. The highest BCUT2D eigenvalue weighted by Crippen LogP contribution is 2.19. The first-order chi connectivity index (χ1) is 13.5. The summed E-state index contributed by atoms with van der Waals surface area (Å²) in [6.45, 7) is 8.64. The van der Waals surface area contributed by atoms with Crippen LogP contribution in [0.5, 0.6) is 0 Å². The average Bonchev–Trinajstić information content (AvgIpc) is 3.21. The molecule has 2 fully saturated rings. The molecule has 1 atom stereocenters. The SMILES string of the molecule is CC(C)n1nc(C(=O)N2CCN(CC3CCCO3)CC2)c2ccccc2c1=O. The van der Waals surface area contributed by atoms with Crippen LogP contribution in [-0.4, -0.2) is 70.9 Å². The van der Waals surface area contributed by atoms with Crippen LogP contribution in [0.2, 0.25) is 0 Å². The quantitative estimate of drug-likeness (QED) is 0.806. The lowest BCUT2D eigenvalue weighted by Crippen LogP contribution is -2.50. The third-order valence-electron chi connectivity index (χ3n) is 5.67. The number of aromatic nitrogens is 2. The topological polar surface area (TPSA) is 67.7 Å². The predicted octanol–water partition coefficient (Wildman–Crippen LogP) is 1.91. The van der Waals surface area contributed by atoms with Crippen molar-refractivity contribution >= 4 is 16.7 Å². The second-order valence-electron chi connectivity index (χ2n) is 7.97. The molecule has 7 heteroatoms. The molecule has 2 aliphatic rings. The van der Waals surface area contributed by atoms with E-state index in [1.54, 1.807) is 6.07 Å². The van der Waals surface area contributed by atoms with Crippen LogP contribution < -0.4 is 5.56 Å². The van der Waals surface area contributed by atoms with Gasteiger partial charge in [-0.1, -0.05) is 18.2 Å². The highest BCUT2D eigenvalue weighted by atomic mass is 16.5. The highest BCUT2D eigenvalue weighted by Gasteiger charge is 2.28. The fraction of sp³-hybridized carbons (Fsp3) is 0.571. The number of ether oxygens (including phenoxy) is 1. The molecule has 1 amide bonds. The van der Waals surface area contributed by atoms with Crippen LogP contribution in [0.3, 0.4) is 0 Å². The van der Waals surface area contributed by atoms with Crippen LogP contribution in [0.4, 0.5) is 0 Å². The molecule has 150 valence electrons. The highest BCUT2D eigenvalue weighted by molar-refractivity contribution is 6.04. The Morgan fingerprint density at radius 2 is 1.89 bits per heavy atom. The zero-order valence-corrected chi connectivity index (χ0v) is 16.6. The Morgan fingerprint density at radius 1 is 1.18 bits per heavy atom. The van der Waals surface area contributed by atoms with Crippen LogP contribution in [0.25, 0.3) is 10.8 Å². The van der Waals surface area contributed by atoms with Crippen molar-refractivity contribution in [3.8, 4) is 0 Å². The fourth-order valence-electron chi connectivity index (χ4n) is 4.07. The molecular formula is C21H28N4O3. The van der Waals surface area contributed by atoms with Crippen molar-refractivity contribution in [3.05, 3.63) is 40.3 Å². The summed E-state index contributed by atoms with van der Waals surface area (Å²) in [4.78, 5) is 30.2. The number of nitrogens with zero attached hydrogens (tertiary/aromatic N) is 4. The minimum absolute atomic E-state index is 0.0950. The van der Waals surface area contributed by atoms with Gasteiger partial charge in [-0.15, -0.1) is 0 Å². The van der Waals surface area contributed by atoms with Gasteiger partial charge in [0.05, 0.1) is 17.5 Å². The van der Waals surface area contributed by atoms with E-state index in [0.717, 1.165) is 39.1 Å². The van der Waals surface area contributed by atoms with Gasteiger partial charge in [-0.05, 0) is 32.8 Å². The molecule has 2 aliphatic heterocycles. The number of hydrogen-bond acceptors (Lipinski definition) is 5. The summed E-state index contributed by atoms with van der Waals surface area (Å²) in [6, 6.07) is 7.16. The molecule has 2 saturated heterocycles. The van der Waals surface area contributed by atoms with Crippen molar-refractivity contribution in [2.45, 2.75) is 38.8 Å². The molecule has 28 heavy (non-hydrogen) atoms. The number of carbonyl (C=O) groups is 1. The van der Waals surface area contributed by atoms with Crippen molar-refractivity contribution in [3.63, 3.8) is 0 Å². The molecule has 1 aromatic carbocycles. The maximum atomic E-state index is 13.3. The van der Waals surface area contributed by atoms with Gasteiger partial charge in [-0.2, -0.15) is 5.10 Å². The number of benzene rings is 1. The van der Waals surface area contributed by atoms with E-state index in [1.807, 2.05) is 36.9 Å². The number of amides is 1. The van der Waals surface area contributed by atoms with Crippen molar-refractivity contribution in [1.29, 1.82) is 0 Å². The van der Waals surface area contributed by atoms with Gasteiger partial charge in [0.15, 0.2) is 5.69 Å². The van der Waals surface area contributed by atoms with E-state index in [0.29, 0.717) is 35.7 Å². The van der Waals surface area contributed by atoms with Gasteiger partial charge in [0.1, 0.15) is 0 Å². The molecule has 1 aromatic heterocycles. The molecule has 3 heterocycles. The third-order valence-corrected chi connectivity index (χ3v) is 5.67. The lowest BCUT2D eigenvalue weighted by atomic mass is 10.1. The number of carbonyl (C=O) groups excluding carboxylic acids is 1. The average molecular weight is 384 g/mol. The predicted molar refractivity (Wildman–Crippen MR) is 108 cm³/mol. The Kier molecular flexibility index (Phi) is 5.46. The van der Waals surface area contributed by atoms with Gasteiger partial charge in [0.25, 0.3) is 11.5 Å². The van der Waals surface area contributed by atoms with Crippen LogP contribution in [0.1, 0.15) is 43.2 Å². The van der Waals surface area contributed by atoms with Gasteiger partial charge >= 0.3 is 0 Å². The van der Waals surface area contributed by atoms with Crippen molar-refractivity contribution < 1.29 is 9.53 Å². The summed E-state index contributed by atoms with van der Waals surface area (Å²) in [5.41, 5.74) is 0.222. The monoisotopic (exact) mass is 384 g/mol. The minimum atomic E-state index is -0.150. The van der Waals surface area contributed by atoms with Gasteiger partial charge in [0.2, 0.25) is 0 Å². The third kappa shape index (κ3) is 3.69. The maximum Gasteiger partial charge on any atom is 0.275 e. The molecule has 7 nitrogen and oxygen atoms in total. The molecule has 1 unspecified atom stereocenters. The van der Waals surface area contributed by atoms with E-state index >= 15 is 0 Å². The maximum absolute atomic E-state index is 13.3. The van der Waals surface area contributed by atoms with Gasteiger partial charge in [0, 0.05) is 44.7 Å². The molecule has 0 radical (unpaired) electrons. The molecule has 2 aromatic rings. The summed E-state index contributed by atoms with van der Waals surface area (Å²) < 4.78 is 7.15. The van der Waals surface area contributed by atoms with Crippen molar-refractivity contribution in [2.75, 3.05) is 39.3 Å². The molecule has 0 aliphatic carbocycles. The Balaban J connectivity index is 1.54. The summed E-state index contributed by atoms with van der Waals surface area (Å²) >= 11 is 0. The van der Waals surface area contributed by atoms with Crippen LogP contribution in [0, 0.1) is 0 Å². The summed E-state index contributed by atoms with van der Waals surface area (Å²) in [5.74, 6) is -0.0950. The normalized spacial score (nSPS) is 21.0. The smallest absolute Gasteiger partial charge is 0.275 e. The Bertz CT molecular complexity index is 909. The van der Waals surface area contributed by atoms with E-state index in [9.17, 15) is 9.59 Å². The number of rotatable bonds is 4. The van der Waals surface area contributed by atoms with Crippen LogP contribution >= 0.6 is 0 Å². The van der Waals surface area contributed by atoms with E-state index in [4.69, 9.17) is 4.74 Å². The first kappa shape index (κ1) is 19.1. The molecule has 0 saturated carbocycles. The fourth-order valence-corrected chi connectivity index (χ4v) is 4.07. The summed E-state index contributed by atoms with van der Waals surface area (Å²) in [5, 5.41) is 5.64. The number of fused-ring (bicyclic) bond motifs is 1. The van der Waals surface area contributed by atoms with Crippen LogP contribution in [0.15, 0.2) is 29.1 Å². The molecule has 0 spiro atoms. The molecule has 0 bridgehead atoms. The second kappa shape index (κ2) is 8.01. The lowest BCUT2D eigenvalue weighted by Gasteiger charge is -2.35. The van der Waals surface area contributed by atoms with Crippen molar-refractivity contribution in [1.82, 2.24) is 19.6 Å². The Labute approximate surface area is 164 Å². The Hall–Kier alpha value is -2.25. The first-order valence-electron chi connectivity index (χ1n) is 10.2. The summed E-state index contributed by atoms with van der Waals surface area (Å²) in [7, 11) is 0. The van der Waals surface area contributed by atoms with Gasteiger partial charge in [-0.25, -0.2) is 4.68 Å². The van der Waals surface area contributed by atoms with E-state index in [2.05, 4.69) is 10.00 Å². The number of hydrogen-bond donors (Lipinski definition) is 0. The van der Waals surface area contributed by atoms with E-state index in [-0.39, 0.29) is 17.5 Å². The molecule has 4 rings (SSSR count). The largest absolute Gasteiger partial charge is 0.377 e. The Morgan fingerprint density at radius 3 is 2.54 bits per heavy atom. The molecule has 0 N–H and O–H groups in total. The van der Waals surface area contributed by atoms with Crippen LogP contribution in [-0.2, 0) is 4.74 Å². The standard InChI is InChI=1S/C21H28N4O3/c1-15(2)25-20(26)18-8-4-3-7-17(18)19(22-25)21(27)24-11-9-23(10-12-24)14-16-6-5-13-28-16/h3-4,7-8,15-16H,5-6,9-14H2,1-2H3. The first-order valence-corrected chi connectivity index (χ1v) is 10.2. The van der Waals surface area contributed by atoms with E-state index < -0.39 is 0 Å². The zero-order valence-electron chi connectivity index (χ0n) is 16.6. The lowest BCUT2D eigenvalue weighted by molar-refractivity contribution is 0.0429. The van der Waals surface area contributed by atoms with Gasteiger partial charge in [-0.3, -0.25) is 14.5 Å². The van der Waals surface area contributed by atoms with Gasteiger partial charge < -0.3 is 9.64 Å². The van der Waals surface area contributed by atoms with E-state index in [1.165, 1.54) is 4.68 Å². The minimum Gasteiger partial charge on any atom is -0.377 e. The molecular weight excluding hydrogens is 356 g/mol. The van der Waals surface area contributed by atoms with Crippen molar-refractivity contribution in [2.24, 2.45) is 0 Å².